The molecule has 1 aromatic carbocycles. The minimum absolute atomic E-state index is 0.590. The Hall–Kier alpha value is -2.16. The highest BCUT2D eigenvalue weighted by molar-refractivity contribution is 5.42. The third-order valence-corrected chi connectivity index (χ3v) is 0.872. The molecule has 0 saturated heterocycles. The lowest BCUT2D eigenvalue weighted by atomic mass is 10.3. The molecule has 0 aliphatic carbocycles. The van der Waals surface area contributed by atoms with Gasteiger partial charge in [-0.3, -0.25) is 0 Å². The second-order valence-corrected chi connectivity index (χ2v) is 1.66. The van der Waals surface area contributed by atoms with Crippen LogP contribution in [0.4, 0.5) is 5.69 Å². The molecule has 0 saturated carbocycles. The minimum atomic E-state index is -1.75. The molecule has 0 unspecified atom stereocenters. The molecular formula is C6H5N3O3. The predicted octanol–water partition coefficient (Wildman–Crippen LogP) is 1.93. The Morgan fingerprint density at radius 3 is 1.92 bits per heavy atom. The van der Waals surface area contributed by atoms with E-state index in [0.717, 1.165) is 0 Å². The normalized spacial score (nSPS) is 7.25. The predicted molar refractivity (Wildman–Crippen MR) is 41.5 cm³/mol. The second kappa shape index (κ2) is 5.61. The van der Waals surface area contributed by atoms with Gasteiger partial charge in [0.15, 0.2) is 4.98 Å². The SMILES string of the molecule is N#[N+]c1ccccc1.O=[N+]([O-])[O-]. The van der Waals surface area contributed by atoms with Crippen molar-refractivity contribution in [3.8, 4) is 0 Å². The Bertz CT molecular complexity index is 276. The maximum Gasteiger partial charge on any atom is 0.385 e. The van der Waals surface area contributed by atoms with Gasteiger partial charge < -0.3 is 15.3 Å². The lowest BCUT2D eigenvalue weighted by Gasteiger charge is -1.74. The lowest BCUT2D eigenvalue weighted by Crippen LogP contribution is -1.74. The molecule has 1 aromatic rings. The van der Waals surface area contributed by atoms with Gasteiger partial charge in [-0.2, -0.15) is 0 Å². The van der Waals surface area contributed by atoms with Gasteiger partial charge in [0.25, 0.3) is 0 Å². The van der Waals surface area contributed by atoms with E-state index >= 15 is 0 Å². The summed E-state index contributed by atoms with van der Waals surface area (Å²) in [4.78, 5) is 11.2. The summed E-state index contributed by atoms with van der Waals surface area (Å²) in [5, 5.41) is 22.9. The van der Waals surface area contributed by atoms with Crippen LogP contribution < -0.4 is 0 Å². The molecule has 0 bridgehead atoms. The molecule has 12 heavy (non-hydrogen) atoms. The minimum Gasteiger partial charge on any atom is -0.356 e. The Labute approximate surface area is 67.8 Å². The largest absolute Gasteiger partial charge is 0.385 e. The first-order valence-corrected chi connectivity index (χ1v) is 2.88. The monoisotopic (exact) mass is 167 g/mol. The summed E-state index contributed by atoms with van der Waals surface area (Å²) in [6.07, 6.45) is 0. The van der Waals surface area contributed by atoms with Crippen molar-refractivity contribution in [1.29, 1.82) is 5.39 Å². The summed E-state index contributed by atoms with van der Waals surface area (Å²) in [7, 11) is 0. The first-order valence-electron chi connectivity index (χ1n) is 2.88. The van der Waals surface area contributed by atoms with Crippen LogP contribution in [0.2, 0.25) is 0 Å². The molecule has 0 aliphatic heterocycles. The van der Waals surface area contributed by atoms with Gasteiger partial charge in [0, 0.05) is 12.1 Å². The number of rotatable bonds is 0. The molecular weight excluding hydrogens is 162 g/mol. The fraction of sp³-hybridized carbons (Fsp3) is 0. The highest BCUT2D eigenvalue weighted by Crippen LogP contribution is 2.07. The molecule has 0 aromatic heterocycles. The summed E-state index contributed by atoms with van der Waals surface area (Å²) in [5.41, 5.74) is 0.590. The number of nitrogens with zero attached hydrogens (tertiary/aromatic N) is 3. The van der Waals surface area contributed by atoms with E-state index in [-0.39, 0.29) is 0 Å². The third kappa shape index (κ3) is 5.97. The standard InChI is InChI=1S/C6H5N2.NO3/c7-8-6-4-2-1-3-5-6;2-1(3)4/h1-5H;/q+1;-1. The number of hydrogen-bond donors (Lipinski definition) is 0. The molecule has 6 nitrogen and oxygen atoms in total. The molecule has 62 valence electrons. The van der Waals surface area contributed by atoms with Crippen LogP contribution in [0.15, 0.2) is 30.3 Å². The maximum absolute atomic E-state index is 8.25. The molecule has 0 amide bonds. The fourth-order valence-corrected chi connectivity index (χ4v) is 0.495. The average Bonchev–Trinajstić information content (AvgIpc) is 2.05. The maximum atomic E-state index is 8.25. The Balaban J connectivity index is 0.000000261. The van der Waals surface area contributed by atoms with E-state index in [1.54, 1.807) is 12.1 Å². The van der Waals surface area contributed by atoms with Crippen LogP contribution in [0, 0.1) is 20.7 Å². The molecule has 0 heterocycles. The van der Waals surface area contributed by atoms with Crippen molar-refractivity contribution < 1.29 is 5.09 Å². The summed E-state index contributed by atoms with van der Waals surface area (Å²) in [5.74, 6) is 0. The summed E-state index contributed by atoms with van der Waals surface area (Å²) >= 11 is 0. The van der Waals surface area contributed by atoms with Crippen molar-refractivity contribution in [2.75, 3.05) is 0 Å². The van der Waals surface area contributed by atoms with Gasteiger partial charge in [-0.05, 0) is 0 Å². The van der Waals surface area contributed by atoms with Gasteiger partial charge in [0.1, 0.15) is 0 Å². The Morgan fingerprint density at radius 2 is 1.67 bits per heavy atom. The van der Waals surface area contributed by atoms with Crippen LogP contribution in [0.25, 0.3) is 4.98 Å². The molecule has 0 aliphatic rings. The molecule has 1 rings (SSSR count). The van der Waals surface area contributed by atoms with Crippen LogP contribution in [-0.4, -0.2) is 5.09 Å². The first-order chi connectivity index (χ1) is 5.66. The van der Waals surface area contributed by atoms with E-state index in [2.05, 4.69) is 4.98 Å². The van der Waals surface area contributed by atoms with Crippen molar-refractivity contribution in [3.63, 3.8) is 0 Å². The zero-order valence-electron chi connectivity index (χ0n) is 5.95. The Kier molecular flexibility index (Phi) is 4.60. The zero-order valence-corrected chi connectivity index (χ0v) is 5.95. The van der Waals surface area contributed by atoms with E-state index in [1.165, 1.54) is 0 Å². The lowest BCUT2D eigenvalue weighted by molar-refractivity contribution is -0.402. The molecule has 0 radical (unpaired) electrons. The summed E-state index contributed by atoms with van der Waals surface area (Å²) in [6, 6.07) is 8.94. The highest BCUT2D eigenvalue weighted by atomic mass is 16.9. The average molecular weight is 167 g/mol. The van der Waals surface area contributed by atoms with Gasteiger partial charge >= 0.3 is 5.69 Å². The summed E-state index contributed by atoms with van der Waals surface area (Å²) < 4.78 is 0. The van der Waals surface area contributed by atoms with Gasteiger partial charge in [-0.1, -0.05) is 18.2 Å². The van der Waals surface area contributed by atoms with Gasteiger partial charge in [0.05, 0.1) is 5.09 Å². The van der Waals surface area contributed by atoms with Gasteiger partial charge in [-0.15, -0.1) is 0 Å². The van der Waals surface area contributed by atoms with E-state index < -0.39 is 5.09 Å². The van der Waals surface area contributed by atoms with Gasteiger partial charge in [-0.25, -0.2) is 0 Å². The van der Waals surface area contributed by atoms with Crippen molar-refractivity contribution in [2.24, 2.45) is 0 Å². The van der Waals surface area contributed by atoms with Crippen LogP contribution in [0.3, 0.4) is 0 Å². The van der Waals surface area contributed by atoms with Crippen LogP contribution >= 0.6 is 0 Å². The number of hydrogen-bond acceptors (Lipinski definition) is 4. The summed E-state index contributed by atoms with van der Waals surface area (Å²) in [6.45, 7) is 0. The van der Waals surface area contributed by atoms with Gasteiger partial charge in [0.2, 0.25) is 5.39 Å². The van der Waals surface area contributed by atoms with Crippen LogP contribution in [0.1, 0.15) is 0 Å². The van der Waals surface area contributed by atoms with E-state index in [4.69, 9.17) is 20.7 Å². The van der Waals surface area contributed by atoms with E-state index in [9.17, 15) is 0 Å². The highest BCUT2D eigenvalue weighted by Gasteiger charge is 1.95. The number of diazo groups is 1. The molecule has 0 fully saturated rings. The fourth-order valence-electron chi connectivity index (χ4n) is 0.495. The third-order valence-electron chi connectivity index (χ3n) is 0.872. The van der Waals surface area contributed by atoms with Crippen molar-refractivity contribution in [1.82, 2.24) is 0 Å². The molecule has 0 N–H and O–H groups in total. The van der Waals surface area contributed by atoms with Crippen molar-refractivity contribution >= 4 is 5.69 Å². The molecule has 0 atom stereocenters. The van der Waals surface area contributed by atoms with Crippen LogP contribution in [0.5, 0.6) is 0 Å². The topological polar surface area (TPSA) is 94.3 Å². The van der Waals surface area contributed by atoms with E-state index in [0.29, 0.717) is 5.69 Å². The smallest absolute Gasteiger partial charge is 0.356 e. The van der Waals surface area contributed by atoms with Crippen molar-refractivity contribution in [3.05, 3.63) is 50.6 Å². The molecule has 6 heteroatoms. The van der Waals surface area contributed by atoms with Crippen molar-refractivity contribution in [2.45, 2.75) is 0 Å². The molecule has 0 spiro atoms. The first kappa shape index (κ1) is 9.84. The van der Waals surface area contributed by atoms with E-state index in [1.807, 2.05) is 18.2 Å². The quantitative estimate of drug-likeness (QED) is 0.335. The Morgan fingerprint density at radius 1 is 1.25 bits per heavy atom. The zero-order chi connectivity index (χ0) is 9.40. The van der Waals surface area contributed by atoms with Crippen LogP contribution in [-0.2, 0) is 0 Å². The second-order valence-electron chi connectivity index (χ2n) is 1.66. The number of benzene rings is 1.